The van der Waals surface area contributed by atoms with E-state index in [0.717, 1.165) is 52.0 Å². The highest BCUT2D eigenvalue weighted by atomic mass is 79.9. The van der Waals surface area contributed by atoms with E-state index >= 15 is 0 Å². The van der Waals surface area contributed by atoms with Gasteiger partial charge >= 0.3 is 0 Å². The number of thiophene rings is 1. The molecule has 1 aromatic carbocycles. The molecule has 2 aromatic rings. The molecule has 0 fully saturated rings. The second-order valence-corrected chi connectivity index (χ2v) is 10.4. The van der Waals surface area contributed by atoms with Crippen molar-refractivity contribution in [3.8, 4) is 11.8 Å². The molecular formula is C23H27BrN2OS. The molecule has 3 nitrogen and oxygen atoms in total. The molecule has 5 heteroatoms. The molecule has 1 atom stereocenters. The maximum atomic E-state index is 9.75. The zero-order chi connectivity index (χ0) is 20.3. The van der Waals surface area contributed by atoms with E-state index in [0.29, 0.717) is 17.9 Å². The molecule has 0 amide bonds. The number of halogens is 1. The van der Waals surface area contributed by atoms with E-state index in [1.54, 1.807) is 11.3 Å². The van der Waals surface area contributed by atoms with E-state index in [1.165, 1.54) is 10.4 Å². The minimum atomic E-state index is 0.291. The summed E-state index contributed by atoms with van der Waals surface area (Å²) in [6.45, 7) is 9.70. The third kappa shape index (κ3) is 4.67. The smallest absolute Gasteiger partial charge is 0.134 e. The van der Waals surface area contributed by atoms with E-state index in [4.69, 9.17) is 9.73 Å². The average Bonchev–Trinajstić information content (AvgIpc) is 3.01. The van der Waals surface area contributed by atoms with Crippen LogP contribution in [0, 0.1) is 22.7 Å². The van der Waals surface area contributed by atoms with Crippen LogP contribution in [0.1, 0.15) is 62.1 Å². The van der Waals surface area contributed by atoms with Gasteiger partial charge < -0.3 is 4.74 Å². The molecule has 0 saturated heterocycles. The Kier molecular flexibility index (Phi) is 6.62. The Morgan fingerprint density at radius 3 is 2.86 bits per heavy atom. The monoisotopic (exact) mass is 458 g/mol. The van der Waals surface area contributed by atoms with Gasteiger partial charge in [-0.3, -0.25) is 0 Å². The molecule has 1 aromatic heterocycles. The summed E-state index contributed by atoms with van der Waals surface area (Å²) in [4.78, 5) is 6.06. The predicted molar refractivity (Wildman–Crippen MR) is 121 cm³/mol. The van der Waals surface area contributed by atoms with Gasteiger partial charge in [0.1, 0.15) is 16.8 Å². The molecule has 1 heterocycles. The van der Waals surface area contributed by atoms with E-state index in [1.807, 2.05) is 24.4 Å². The fourth-order valence-corrected chi connectivity index (χ4v) is 5.21. The lowest BCUT2D eigenvalue weighted by Gasteiger charge is -2.33. The second-order valence-electron chi connectivity index (χ2n) is 8.39. The van der Waals surface area contributed by atoms with Gasteiger partial charge in [-0.25, -0.2) is 4.99 Å². The van der Waals surface area contributed by atoms with E-state index in [9.17, 15) is 5.26 Å². The Balaban J connectivity index is 1.91. The topological polar surface area (TPSA) is 45.4 Å². The van der Waals surface area contributed by atoms with Crippen LogP contribution in [0.15, 0.2) is 27.7 Å². The zero-order valence-corrected chi connectivity index (χ0v) is 19.4. The lowest BCUT2D eigenvalue weighted by Crippen LogP contribution is -2.26. The van der Waals surface area contributed by atoms with Crippen LogP contribution in [0.2, 0.25) is 0 Å². The first-order valence-electron chi connectivity index (χ1n) is 9.84. The van der Waals surface area contributed by atoms with Crippen LogP contribution in [-0.4, -0.2) is 12.8 Å². The number of fused-ring (bicyclic) bond motifs is 1. The first kappa shape index (κ1) is 21.1. The Morgan fingerprint density at radius 2 is 2.18 bits per heavy atom. The summed E-state index contributed by atoms with van der Waals surface area (Å²) >= 11 is 5.20. The van der Waals surface area contributed by atoms with E-state index < -0.39 is 0 Å². The molecule has 0 radical (unpaired) electrons. The molecule has 0 spiro atoms. The normalized spacial score (nSPS) is 16.8. The number of nitriles is 1. The number of hydrogen-bond donors (Lipinski definition) is 0. The molecule has 0 bridgehead atoms. The van der Waals surface area contributed by atoms with Crippen molar-refractivity contribution in [1.29, 1.82) is 5.26 Å². The minimum absolute atomic E-state index is 0.291. The second kappa shape index (κ2) is 8.80. The number of hydrogen-bond acceptors (Lipinski definition) is 4. The van der Waals surface area contributed by atoms with Crippen LogP contribution in [0.3, 0.4) is 0 Å². The molecule has 0 unspecified atom stereocenters. The van der Waals surface area contributed by atoms with E-state index in [-0.39, 0.29) is 0 Å². The highest BCUT2D eigenvalue weighted by Crippen LogP contribution is 2.45. The van der Waals surface area contributed by atoms with Crippen molar-refractivity contribution in [2.75, 3.05) is 6.61 Å². The van der Waals surface area contributed by atoms with Gasteiger partial charge in [-0.2, -0.15) is 5.26 Å². The van der Waals surface area contributed by atoms with Gasteiger partial charge in [-0.1, -0.05) is 43.6 Å². The van der Waals surface area contributed by atoms with Crippen molar-refractivity contribution in [2.45, 2.75) is 53.4 Å². The maximum Gasteiger partial charge on any atom is 0.134 e. The van der Waals surface area contributed by atoms with Gasteiger partial charge in [-0.15, -0.1) is 11.3 Å². The Morgan fingerprint density at radius 1 is 1.39 bits per heavy atom. The lowest BCUT2D eigenvalue weighted by atomic mass is 9.72. The summed E-state index contributed by atoms with van der Waals surface area (Å²) in [7, 11) is 0. The molecule has 28 heavy (non-hydrogen) atoms. The number of benzene rings is 1. The fraction of sp³-hybridized carbons (Fsp3) is 0.478. The molecule has 1 aliphatic rings. The SMILES string of the molecule is CCCOc1ccc(Br)cc1C=Nc1sc2c(c1C#N)CC[C@@H](C(C)(C)C)C2. The molecule has 1 aliphatic carbocycles. The quantitative estimate of drug-likeness (QED) is 0.449. The Bertz CT molecular complexity index is 918. The van der Waals surface area contributed by atoms with Crippen LogP contribution in [0.25, 0.3) is 0 Å². The maximum absolute atomic E-state index is 9.75. The van der Waals surface area contributed by atoms with Crippen molar-refractivity contribution >= 4 is 38.5 Å². The minimum Gasteiger partial charge on any atom is -0.493 e. The summed E-state index contributed by atoms with van der Waals surface area (Å²) in [6.07, 6.45) is 5.96. The molecule has 0 aliphatic heterocycles. The van der Waals surface area contributed by atoms with Crippen LogP contribution < -0.4 is 4.74 Å². The van der Waals surface area contributed by atoms with Gasteiger partial charge in [0.25, 0.3) is 0 Å². The Hall–Kier alpha value is -1.64. The Labute approximate surface area is 180 Å². The summed E-state index contributed by atoms with van der Waals surface area (Å²) < 4.78 is 6.83. The van der Waals surface area contributed by atoms with Crippen molar-refractivity contribution in [3.05, 3.63) is 44.2 Å². The number of nitrogens with zero attached hydrogens (tertiary/aromatic N) is 2. The highest BCUT2D eigenvalue weighted by Gasteiger charge is 2.32. The third-order valence-electron chi connectivity index (χ3n) is 5.34. The van der Waals surface area contributed by atoms with Gasteiger partial charge in [0, 0.05) is 21.1 Å². The number of aliphatic imine (C=N–C) groups is 1. The summed E-state index contributed by atoms with van der Waals surface area (Å²) in [6, 6.07) is 8.34. The fourth-order valence-electron chi connectivity index (χ4n) is 3.61. The van der Waals surface area contributed by atoms with Crippen molar-refractivity contribution in [3.63, 3.8) is 0 Å². The van der Waals surface area contributed by atoms with Gasteiger partial charge in [-0.05, 0) is 60.8 Å². The first-order valence-corrected chi connectivity index (χ1v) is 11.5. The van der Waals surface area contributed by atoms with Crippen LogP contribution in [-0.2, 0) is 12.8 Å². The first-order chi connectivity index (χ1) is 13.3. The molecular weight excluding hydrogens is 432 g/mol. The molecule has 0 N–H and O–H groups in total. The standard InChI is InChI=1S/C23H27BrN2OS/c1-5-10-27-20-9-7-17(24)11-15(20)14-26-22-19(13-25)18-8-6-16(23(2,3)4)12-21(18)28-22/h7,9,11,14,16H,5-6,8,10,12H2,1-4H3/t16-/m1/s1. The van der Waals surface area contributed by atoms with Crippen LogP contribution >= 0.6 is 27.3 Å². The van der Waals surface area contributed by atoms with E-state index in [2.05, 4.69) is 49.7 Å². The van der Waals surface area contributed by atoms with Crippen molar-refractivity contribution in [2.24, 2.45) is 16.3 Å². The average molecular weight is 459 g/mol. The summed E-state index contributed by atoms with van der Waals surface area (Å²) in [5, 5.41) is 10.6. The summed E-state index contributed by atoms with van der Waals surface area (Å²) in [5.41, 5.74) is 3.19. The van der Waals surface area contributed by atoms with Gasteiger partial charge in [0.15, 0.2) is 0 Å². The highest BCUT2D eigenvalue weighted by molar-refractivity contribution is 9.10. The third-order valence-corrected chi connectivity index (χ3v) is 6.99. The van der Waals surface area contributed by atoms with Gasteiger partial charge in [0.05, 0.1) is 12.2 Å². The number of ether oxygens (including phenoxy) is 1. The molecule has 148 valence electrons. The van der Waals surface area contributed by atoms with Gasteiger partial charge in [0.2, 0.25) is 0 Å². The zero-order valence-electron chi connectivity index (χ0n) is 17.0. The van der Waals surface area contributed by atoms with Crippen molar-refractivity contribution < 1.29 is 4.74 Å². The van der Waals surface area contributed by atoms with Crippen LogP contribution in [0.4, 0.5) is 5.00 Å². The largest absolute Gasteiger partial charge is 0.493 e. The summed E-state index contributed by atoms with van der Waals surface area (Å²) in [5.74, 6) is 1.47. The lowest BCUT2D eigenvalue weighted by molar-refractivity contribution is 0.218. The van der Waals surface area contributed by atoms with Crippen molar-refractivity contribution in [1.82, 2.24) is 0 Å². The molecule has 0 saturated carbocycles. The predicted octanol–water partition coefficient (Wildman–Crippen LogP) is 7.07. The number of rotatable bonds is 5. The van der Waals surface area contributed by atoms with Crippen LogP contribution in [0.5, 0.6) is 5.75 Å². The molecule has 3 rings (SSSR count).